The molecule has 0 bridgehead atoms. The van der Waals surface area contributed by atoms with Gasteiger partial charge in [-0.25, -0.2) is 0 Å². The number of nitrogens with one attached hydrogen (secondary N) is 2. The van der Waals surface area contributed by atoms with Crippen molar-refractivity contribution < 1.29 is 14.3 Å². The van der Waals surface area contributed by atoms with Gasteiger partial charge in [-0.05, 0) is 11.5 Å². The molecule has 0 saturated carbocycles. The lowest BCUT2D eigenvalue weighted by Gasteiger charge is -2.33. The molecule has 1 amide bonds. The lowest BCUT2D eigenvalue weighted by molar-refractivity contribution is 0.102. The van der Waals surface area contributed by atoms with Crippen LogP contribution in [0.15, 0.2) is 54.9 Å². The number of carbonyl (C=O) groups excluding carboxylic acids is 1. The SMILES string of the molecule is COc1cc(NC(=O)c2cc(N3CCN[C@@H](CC#N)C3)nc(OCc3cnn(C)c3)n2)c2ccccc2c1. The van der Waals surface area contributed by atoms with Crippen LogP contribution in [-0.2, 0) is 13.7 Å². The standard InChI is InChI=1S/C27H28N8O3/c1-34-15-18(14-30-34)17-38-27-32-24(13-25(33-27)35-10-9-29-20(16-35)7-8-28)26(36)31-23-12-21(37-2)11-19-5-3-4-6-22(19)23/h3-6,11-15,20,29H,7,9-10,16-17H2,1-2H3,(H,31,36)/t20-/m0/s1. The van der Waals surface area contributed by atoms with E-state index in [1.165, 1.54) is 0 Å². The van der Waals surface area contributed by atoms with Gasteiger partial charge in [0.05, 0.1) is 31.5 Å². The molecule has 0 spiro atoms. The van der Waals surface area contributed by atoms with Gasteiger partial charge in [-0.1, -0.05) is 24.3 Å². The number of aryl methyl sites for hydroxylation is 1. The molecular formula is C27H28N8O3. The first-order valence-electron chi connectivity index (χ1n) is 12.2. The molecule has 4 aromatic rings. The third-order valence-electron chi connectivity index (χ3n) is 6.29. The number of ether oxygens (including phenoxy) is 2. The molecule has 0 radical (unpaired) electrons. The molecule has 38 heavy (non-hydrogen) atoms. The van der Waals surface area contributed by atoms with Crippen LogP contribution in [0.4, 0.5) is 11.5 Å². The zero-order valence-electron chi connectivity index (χ0n) is 21.2. The van der Waals surface area contributed by atoms with Crippen LogP contribution in [0.25, 0.3) is 10.8 Å². The van der Waals surface area contributed by atoms with Crippen molar-refractivity contribution in [1.29, 1.82) is 5.26 Å². The summed E-state index contributed by atoms with van der Waals surface area (Å²) in [4.78, 5) is 24.6. The van der Waals surface area contributed by atoms with E-state index in [9.17, 15) is 4.79 Å². The van der Waals surface area contributed by atoms with E-state index >= 15 is 0 Å². The molecule has 11 heteroatoms. The second kappa shape index (κ2) is 11.1. The molecule has 1 aliphatic heterocycles. The van der Waals surface area contributed by atoms with Crippen LogP contribution in [0, 0.1) is 11.3 Å². The predicted octanol–water partition coefficient (Wildman–Crippen LogP) is 2.90. The van der Waals surface area contributed by atoms with Gasteiger partial charge in [0.2, 0.25) is 0 Å². The van der Waals surface area contributed by atoms with E-state index in [1.807, 2.05) is 48.5 Å². The fourth-order valence-electron chi connectivity index (χ4n) is 4.42. The van der Waals surface area contributed by atoms with Gasteiger partial charge in [0, 0.05) is 62.0 Å². The van der Waals surface area contributed by atoms with Crippen LogP contribution in [0.2, 0.25) is 0 Å². The first-order chi connectivity index (χ1) is 18.5. The Kier molecular flexibility index (Phi) is 7.33. The van der Waals surface area contributed by atoms with E-state index in [0.717, 1.165) is 16.3 Å². The molecule has 194 valence electrons. The summed E-state index contributed by atoms with van der Waals surface area (Å²) < 4.78 is 13.0. The maximum atomic E-state index is 13.5. The minimum Gasteiger partial charge on any atom is -0.497 e. The number of hydrogen-bond donors (Lipinski definition) is 2. The number of aromatic nitrogens is 4. The van der Waals surface area contributed by atoms with Crippen molar-refractivity contribution in [3.05, 3.63) is 66.1 Å². The van der Waals surface area contributed by atoms with E-state index < -0.39 is 5.91 Å². The highest BCUT2D eigenvalue weighted by Gasteiger charge is 2.23. The number of piperazine rings is 1. The number of fused-ring (bicyclic) bond motifs is 1. The van der Waals surface area contributed by atoms with Gasteiger partial charge in [-0.2, -0.15) is 20.3 Å². The molecule has 0 unspecified atom stereocenters. The molecule has 1 aliphatic rings. The van der Waals surface area contributed by atoms with Crippen LogP contribution in [0.5, 0.6) is 11.8 Å². The van der Waals surface area contributed by atoms with Crippen LogP contribution >= 0.6 is 0 Å². The van der Waals surface area contributed by atoms with Crippen LogP contribution < -0.4 is 25.0 Å². The second-order valence-electron chi connectivity index (χ2n) is 9.01. The number of benzene rings is 2. The van der Waals surface area contributed by atoms with Crippen molar-refractivity contribution in [2.75, 3.05) is 37.0 Å². The van der Waals surface area contributed by atoms with Crippen LogP contribution in [-0.4, -0.2) is 58.4 Å². The van der Waals surface area contributed by atoms with Crippen molar-refractivity contribution in [2.45, 2.75) is 19.1 Å². The predicted molar refractivity (Wildman–Crippen MR) is 142 cm³/mol. The van der Waals surface area contributed by atoms with Crippen molar-refractivity contribution >= 4 is 28.2 Å². The highest BCUT2D eigenvalue weighted by Crippen LogP contribution is 2.30. The molecule has 2 aromatic carbocycles. The maximum Gasteiger partial charge on any atom is 0.319 e. The maximum absolute atomic E-state index is 13.5. The topological polar surface area (TPSA) is 130 Å². The number of nitriles is 1. The van der Waals surface area contributed by atoms with Gasteiger partial charge >= 0.3 is 6.01 Å². The average molecular weight is 513 g/mol. The largest absolute Gasteiger partial charge is 0.497 e. The quantitative estimate of drug-likeness (QED) is 0.366. The lowest BCUT2D eigenvalue weighted by atomic mass is 10.1. The lowest BCUT2D eigenvalue weighted by Crippen LogP contribution is -2.50. The Morgan fingerprint density at radius 1 is 1.26 bits per heavy atom. The van der Waals surface area contributed by atoms with Crippen LogP contribution in [0.1, 0.15) is 22.5 Å². The highest BCUT2D eigenvalue weighted by atomic mass is 16.5. The summed E-state index contributed by atoms with van der Waals surface area (Å²) in [5, 5.41) is 21.5. The number of anilines is 2. The molecular weight excluding hydrogens is 484 g/mol. The Hall–Kier alpha value is -4.69. The van der Waals surface area contributed by atoms with Gasteiger partial charge in [-0.3, -0.25) is 9.48 Å². The average Bonchev–Trinajstić information content (AvgIpc) is 3.37. The normalized spacial score (nSPS) is 15.2. The first-order valence-corrected chi connectivity index (χ1v) is 12.2. The molecule has 2 aromatic heterocycles. The minimum atomic E-state index is -0.401. The Morgan fingerprint density at radius 3 is 2.92 bits per heavy atom. The first kappa shape index (κ1) is 25.0. The molecule has 2 N–H and O–H groups in total. The summed E-state index contributed by atoms with van der Waals surface area (Å²) in [6, 6.07) is 15.4. The fraction of sp³-hybridized carbons (Fsp3) is 0.296. The molecule has 3 heterocycles. The molecule has 5 rings (SSSR count). The molecule has 1 atom stereocenters. The second-order valence-corrected chi connectivity index (χ2v) is 9.01. The van der Waals surface area contributed by atoms with Gasteiger partial charge in [-0.15, -0.1) is 0 Å². The number of hydrogen-bond acceptors (Lipinski definition) is 9. The summed E-state index contributed by atoms with van der Waals surface area (Å²) in [6.07, 6.45) is 3.92. The zero-order valence-corrected chi connectivity index (χ0v) is 21.2. The number of rotatable bonds is 8. The van der Waals surface area contributed by atoms with E-state index in [2.05, 4.69) is 31.8 Å². The highest BCUT2D eigenvalue weighted by molar-refractivity contribution is 6.09. The summed E-state index contributed by atoms with van der Waals surface area (Å²) in [7, 11) is 3.42. The molecule has 11 nitrogen and oxygen atoms in total. The Bertz CT molecular complexity index is 1500. The number of amides is 1. The van der Waals surface area contributed by atoms with Crippen molar-refractivity contribution in [1.82, 2.24) is 25.1 Å². The Labute approximate surface area is 220 Å². The van der Waals surface area contributed by atoms with E-state index in [-0.39, 0.29) is 24.4 Å². The van der Waals surface area contributed by atoms with Crippen LogP contribution in [0.3, 0.4) is 0 Å². The summed E-state index contributed by atoms with van der Waals surface area (Å²) in [5.74, 6) is 0.792. The van der Waals surface area contributed by atoms with Gasteiger partial charge < -0.3 is 25.0 Å². The Morgan fingerprint density at radius 2 is 2.13 bits per heavy atom. The summed E-state index contributed by atoms with van der Waals surface area (Å²) in [5.41, 5.74) is 1.63. The van der Waals surface area contributed by atoms with Gasteiger partial charge in [0.1, 0.15) is 23.9 Å². The third kappa shape index (κ3) is 5.66. The molecule has 0 aliphatic carbocycles. The number of carbonyl (C=O) groups is 1. The minimum absolute atomic E-state index is 0.00361. The van der Waals surface area contributed by atoms with Gasteiger partial charge in [0.15, 0.2) is 0 Å². The number of nitrogens with zero attached hydrogens (tertiary/aromatic N) is 6. The monoisotopic (exact) mass is 512 g/mol. The Balaban J connectivity index is 1.46. The fourth-order valence-corrected chi connectivity index (χ4v) is 4.42. The summed E-state index contributed by atoms with van der Waals surface area (Å²) in [6.45, 7) is 2.15. The summed E-state index contributed by atoms with van der Waals surface area (Å²) >= 11 is 0. The zero-order chi connectivity index (χ0) is 26.5. The van der Waals surface area contributed by atoms with E-state index in [1.54, 1.807) is 30.1 Å². The molecule has 1 saturated heterocycles. The smallest absolute Gasteiger partial charge is 0.319 e. The van der Waals surface area contributed by atoms with Gasteiger partial charge in [0.25, 0.3) is 5.91 Å². The third-order valence-corrected chi connectivity index (χ3v) is 6.29. The molecule has 1 fully saturated rings. The van der Waals surface area contributed by atoms with E-state index in [4.69, 9.17) is 14.7 Å². The van der Waals surface area contributed by atoms with Crippen molar-refractivity contribution in [3.8, 4) is 17.8 Å². The van der Waals surface area contributed by atoms with Crippen molar-refractivity contribution in [2.24, 2.45) is 7.05 Å². The van der Waals surface area contributed by atoms with Crippen molar-refractivity contribution in [3.63, 3.8) is 0 Å². The number of methoxy groups -OCH3 is 1. The van der Waals surface area contributed by atoms with E-state index in [0.29, 0.717) is 43.3 Å².